The Morgan fingerprint density at radius 2 is 2.15 bits per heavy atom. The highest BCUT2D eigenvalue weighted by atomic mass is 16.7. The second kappa shape index (κ2) is 2.79. The van der Waals surface area contributed by atoms with Crippen molar-refractivity contribution < 1.29 is 19.8 Å². The van der Waals surface area contributed by atoms with Gasteiger partial charge in [-0.1, -0.05) is 24.3 Å². The summed E-state index contributed by atoms with van der Waals surface area (Å²) in [5.74, 6) is -6.77. The number of methoxy groups -OCH3 is 2. The van der Waals surface area contributed by atoms with Crippen molar-refractivity contribution in [1.82, 2.24) is 0 Å². The van der Waals surface area contributed by atoms with Crippen LogP contribution in [0, 0.1) is 11.8 Å². The molecule has 0 heterocycles. The molecule has 3 rings (SSSR count). The highest BCUT2D eigenvalue weighted by molar-refractivity contribution is 5.94. The van der Waals surface area contributed by atoms with Gasteiger partial charge in [0.2, 0.25) is 11.6 Å². The zero-order chi connectivity index (χ0) is 13.1. The first-order valence-corrected chi connectivity index (χ1v) is 3.84. The number of Topliss-reactive ketones (excluding diaryl/α,β-unsaturated/α-hetero) is 1. The predicted octanol–water partition coefficient (Wildman–Crippen LogP) is 0.917. The van der Waals surface area contributed by atoms with Gasteiger partial charge in [-0.2, -0.15) is 0 Å². The Bertz CT molecular complexity index is 454. The van der Waals surface area contributed by atoms with Crippen LogP contribution < -0.4 is 0 Å². The number of ketones is 1. The van der Waals surface area contributed by atoms with Gasteiger partial charge in [0.15, 0.2) is 0 Å². The Morgan fingerprint density at radius 3 is 2.77 bits per heavy atom. The monoisotopic (exact) mass is 184 g/mol. The van der Waals surface area contributed by atoms with Crippen LogP contribution in [-0.2, 0) is 14.3 Å². The number of hydrogen-bond acceptors (Lipinski definition) is 3. The summed E-state index contributed by atoms with van der Waals surface area (Å²) < 4.78 is 41.5. The fraction of sp³-hybridized carbons (Fsp3) is 0.500. The maximum Gasteiger partial charge on any atom is 0.239 e. The van der Waals surface area contributed by atoms with Crippen LogP contribution in [0.25, 0.3) is 0 Å². The third-order valence-corrected chi connectivity index (χ3v) is 2.22. The lowest BCUT2D eigenvalue weighted by Crippen LogP contribution is -2.54. The molecular formula is C10H12O3. The van der Waals surface area contributed by atoms with Crippen LogP contribution in [0.1, 0.15) is 5.48 Å². The van der Waals surface area contributed by atoms with Crippen LogP contribution in [0.15, 0.2) is 24.3 Å². The topological polar surface area (TPSA) is 35.5 Å². The van der Waals surface area contributed by atoms with E-state index in [0.29, 0.717) is 0 Å². The van der Waals surface area contributed by atoms with E-state index in [2.05, 4.69) is 0 Å². The Kier molecular flexibility index (Phi) is 1.09. The van der Waals surface area contributed by atoms with Crippen molar-refractivity contribution >= 4 is 5.78 Å². The lowest BCUT2D eigenvalue weighted by atomic mass is 9.76. The first-order valence-electron chi connectivity index (χ1n) is 5.84. The summed E-state index contributed by atoms with van der Waals surface area (Å²) in [5.41, 5.74) is 0. The van der Waals surface area contributed by atoms with Crippen molar-refractivity contribution in [1.29, 1.82) is 0 Å². The van der Waals surface area contributed by atoms with Crippen molar-refractivity contribution in [3.8, 4) is 0 Å². The largest absolute Gasteiger partial charge is 0.346 e. The fourth-order valence-electron chi connectivity index (χ4n) is 1.50. The molecule has 2 bridgehead atoms. The van der Waals surface area contributed by atoms with Crippen molar-refractivity contribution in [3.63, 3.8) is 0 Å². The van der Waals surface area contributed by atoms with Crippen molar-refractivity contribution in [2.75, 3.05) is 14.2 Å². The SMILES string of the molecule is [2H]C1=C([2H])[C@]2([2H])C=C[C@@]1([2H])C(=O)C2(OC)OC. The molecule has 0 spiro atoms. The smallest absolute Gasteiger partial charge is 0.239 e. The second-order valence-electron chi connectivity index (χ2n) is 2.76. The third-order valence-electron chi connectivity index (χ3n) is 2.22. The number of fused-ring (bicyclic) bond motifs is 1. The van der Waals surface area contributed by atoms with Crippen LogP contribution in [0.2, 0.25) is 0 Å². The molecule has 0 saturated heterocycles. The van der Waals surface area contributed by atoms with E-state index in [0.717, 1.165) is 6.08 Å². The van der Waals surface area contributed by atoms with Crippen molar-refractivity contribution in [3.05, 3.63) is 24.3 Å². The lowest BCUT2D eigenvalue weighted by Gasteiger charge is -2.41. The summed E-state index contributed by atoms with van der Waals surface area (Å²) in [5, 5.41) is 0. The predicted molar refractivity (Wildman–Crippen MR) is 47.0 cm³/mol. The molecule has 0 aliphatic heterocycles. The zero-order valence-electron chi connectivity index (χ0n) is 11.4. The van der Waals surface area contributed by atoms with E-state index in [9.17, 15) is 4.79 Å². The lowest BCUT2D eigenvalue weighted by molar-refractivity contribution is -0.222. The van der Waals surface area contributed by atoms with Crippen LogP contribution in [0.4, 0.5) is 0 Å². The number of allylic oxidation sites excluding steroid dienone is 2. The maximum atomic E-state index is 12.2. The number of rotatable bonds is 2. The molecule has 0 saturated carbocycles. The first-order chi connectivity index (χ1) is 7.80. The number of ether oxygens (including phenoxy) is 2. The minimum absolute atomic E-state index is 0.446. The van der Waals surface area contributed by atoms with E-state index in [1.54, 1.807) is 0 Å². The molecular weight excluding hydrogens is 168 g/mol. The molecule has 0 aromatic carbocycles. The summed E-state index contributed by atoms with van der Waals surface area (Å²) in [4.78, 5) is 12.2. The molecule has 0 unspecified atom stereocenters. The Balaban J connectivity index is 2.79. The fourth-order valence-corrected chi connectivity index (χ4v) is 1.50. The van der Waals surface area contributed by atoms with Gasteiger partial charge in [-0.3, -0.25) is 4.79 Å². The number of carbonyl (C=O) groups excluding carboxylic acids is 1. The van der Waals surface area contributed by atoms with Crippen molar-refractivity contribution in [2.45, 2.75) is 5.79 Å². The summed E-state index contributed by atoms with van der Waals surface area (Å²) in [6.45, 7) is 0. The van der Waals surface area contributed by atoms with E-state index >= 15 is 0 Å². The summed E-state index contributed by atoms with van der Waals surface area (Å²) in [7, 11) is 2.37. The second-order valence-corrected chi connectivity index (χ2v) is 2.76. The molecule has 70 valence electrons. The molecule has 0 N–H and O–H groups in total. The molecule has 3 nitrogen and oxygen atoms in total. The van der Waals surface area contributed by atoms with Gasteiger partial charge in [-0.15, -0.1) is 0 Å². The quantitative estimate of drug-likeness (QED) is 0.473. The summed E-state index contributed by atoms with van der Waals surface area (Å²) >= 11 is 0. The average molecular weight is 184 g/mol. The van der Waals surface area contributed by atoms with Crippen LogP contribution in [0.5, 0.6) is 0 Å². The molecule has 13 heavy (non-hydrogen) atoms. The highest BCUT2D eigenvalue weighted by Gasteiger charge is 2.51. The van der Waals surface area contributed by atoms with E-state index in [4.69, 9.17) is 15.0 Å². The number of carbonyl (C=O) groups is 1. The number of hydrogen-bond donors (Lipinski definition) is 0. The van der Waals surface area contributed by atoms with Gasteiger partial charge in [0.05, 0.1) is 14.5 Å². The molecule has 2 atom stereocenters. The van der Waals surface area contributed by atoms with Gasteiger partial charge in [0, 0.05) is 17.0 Å². The van der Waals surface area contributed by atoms with Crippen LogP contribution >= 0.6 is 0 Å². The maximum absolute atomic E-state index is 12.2. The first kappa shape index (κ1) is 5.08. The standard InChI is InChI=1S/C10H12O3/c1-12-10(13-2)8-5-3-7(4-6-8)9(10)11/h3-8H,1-2H3/t7-,8+/i3D,5D,7D,8D/m0/s1. The molecule has 0 radical (unpaired) electrons. The summed E-state index contributed by atoms with van der Waals surface area (Å²) in [6, 6.07) is -0.942. The Hall–Kier alpha value is -0.930. The van der Waals surface area contributed by atoms with Gasteiger partial charge in [-0.25, -0.2) is 0 Å². The van der Waals surface area contributed by atoms with Gasteiger partial charge in [-0.05, 0) is 0 Å². The molecule has 0 aromatic rings. The van der Waals surface area contributed by atoms with Gasteiger partial charge in [0.25, 0.3) is 0 Å². The van der Waals surface area contributed by atoms with Gasteiger partial charge >= 0.3 is 0 Å². The third kappa shape index (κ3) is 0.943. The Morgan fingerprint density at radius 1 is 1.46 bits per heavy atom. The van der Waals surface area contributed by atoms with E-state index in [1.807, 2.05) is 0 Å². The molecule has 3 heteroatoms. The normalized spacial score (nSPS) is 51.4. The van der Waals surface area contributed by atoms with E-state index < -0.39 is 35.5 Å². The van der Waals surface area contributed by atoms with Crippen LogP contribution in [0.3, 0.4) is 0 Å². The van der Waals surface area contributed by atoms with Gasteiger partial charge < -0.3 is 9.47 Å². The van der Waals surface area contributed by atoms with Crippen LogP contribution in [-0.4, -0.2) is 25.8 Å². The molecule has 0 fully saturated rings. The van der Waals surface area contributed by atoms with Crippen molar-refractivity contribution in [2.24, 2.45) is 11.8 Å². The molecule has 3 aliphatic carbocycles. The minimum Gasteiger partial charge on any atom is -0.346 e. The average Bonchev–Trinajstić information content (AvgIpc) is 2.32. The molecule has 3 aliphatic rings. The summed E-state index contributed by atoms with van der Waals surface area (Å²) in [6.07, 6.45) is 2.37. The Labute approximate surface area is 82.6 Å². The minimum atomic E-state index is -2.02. The van der Waals surface area contributed by atoms with E-state index in [1.165, 1.54) is 20.3 Å². The van der Waals surface area contributed by atoms with Gasteiger partial charge in [0.1, 0.15) is 0 Å². The molecule has 0 aromatic heterocycles. The zero-order valence-corrected chi connectivity index (χ0v) is 7.38. The van der Waals surface area contributed by atoms with E-state index in [-0.39, 0.29) is 0 Å². The molecule has 0 amide bonds. The highest BCUT2D eigenvalue weighted by Crippen LogP contribution is 2.38.